The summed E-state index contributed by atoms with van der Waals surface area (Å²) in [6.45, 7) is 1.33. The van der Waals surface area contributed by atoms with Crippen molar-refractivity contribution in [1.82, 2.24) is 20.2 Å². The molecular weight excluding hydrogens is 522 g/mol. The normalized spacial score (nSPS) is 11.2. The monoisotopic (exact) mass is 548 g/mol. The maximum atomic E-state index is 14.6. The van der Waals surface area contributed by atoms with Crippen molar-refractivity contribution in [2.45, 2.75) is 6.42 Å². The molecule has 1 aromatic carbocycles. The number of ether oxygens (including phenoxy) is 2. The molecule has 0 aliphatic carbocycles. The summed E-state index contributed by atoms with van der Waals surface area (Å²) in [5.74, 6) is -0.725. The Balaban J connectivity index is 0.00000380. The molecule has 0 fully saturated rings. The molecule has 0 atom stereocenters. The number of carbonyl (C=O) groups is 1. The summed E-state index contributed by atoms with van der Waals surface area (Å²) in [5, 5.41) is 12.7. The van der Waals surface area contributed by atoms with E-state index >= 15 is 0 Å². The van der Waals surface area contributed by atoms with Gasteiger partial charge in [0.15, 0.2) is 0 Å². The van der Waals surface area contributed by atoms with E-state index in [9.17, 15) is 9.18 Å². The number of quaternary nitrogens is 1. The van der Waals surface area contributed by atoms with E-state index in [4.69, 9.17) is 21.1 Å². The molecule has 0 aliphatic heterocycles. The lowest BCUT2D eigenvalue weighted by atomic mass is 10.1. The van der Waals surface area contributed by atoms with Gasteiger partial charge in [0.25, 0.3) is 5.88 Å². The van der Waals surface area contributed by atoms with Crippen LogP contribution in [0.15, 0.2) is 42.6 Å². The predicted molar refractivity (Wildman–Crippen MR) is 136 cm³/mol. The van der Waals surface area contributed by atoms with Gasteiger partial charge in [-0.05, 0) is 36.4 Å². The van der Waals surface area contributed by atoms with Gasteiger partial charge in [-0.25, -0.2) is 14.2 Å². The number of esters is 1. The van der Waals surface area contributed by atoms with Crippen molar-refractivity contribution in [3.63, 3.8) is 0 Å². The molecule has 3 aromatic heterocycles. The van der Waals surface area contributed by atoms with Crippen LogP contribution in [0.5, 0.6) is 5.88 Å². The predicted octanol–water partition coefficient (Wildman–Crippen LogP) is 1.82. The minimum absolute atomic E-state index is 0. The van der Waals surface area contributed by atoms with Crippen LogP contribution in [0.1, 0.15) is 16.9 Å². The first kappa shape index (κ1) is 28.1. The van der Waals surface area contributed by atoms with E-state index in [2.05, 4.69) is 46.6 Å². The number of pyridine rings is 1. The number of H-pyrrole nitrogens is 1. The van der Waals surface area contributed by atoms with E-state index < -0.39 is 11.8 Å². The quantitative estimate of drug-likeness (QED) is 0.187. The molecule has 37 heavy (non-hydrogen) atoms. The molecule has 12 heteroatoms. The fourth-order valence-electron chi connectivity index (χ4n) is 3.61. The van der Waals surface area contributed by atoms with Crippen molar-refractivity contribution in [2.24, 2.45) is 0 Å². The van der Waals surface area contributed by atoms with Gasteiger partial charge < -0.3 is 36.7 Å². The van der Waals surface area contributed by atoms with Gasteiger partial charge in [0, 0.05) is 28.6 Å². The van der Waals surface area contributed by atoms with E-state index in [0.29, 0.717) is 34.0 Å². The van der Waals surface area contributed by atoms with Gasteiger partial charge in [-0.15, -0.1) is 10.2 Å². The fourth-order valence-corrected chi connectivity index (χ4v) is 3.78. The maximum absolute atomic E-state index is 14.6. The first-order valence-corrected chi connectivity index (χ1v) is 11.6. The average molecular weight is 549 g/mol. The van der Waals surface area contributed by atoms with Gasteiger partial charge in [-0.3, -0.25) is 0 Å². The number of methoxy groups -OCH3 is 1. The molecule has 0 saturated heterocycles. The zero-order valence-corrected chi connectivity index (χ0v) is 22.3. The minimum atomic E-state index is -0.510. The van der Waals surface area contributed by atoms with Crippen LogP contribution in [0.25, 0.3) is 22.3 Å². The third kappa shape index (κ3) is 6.85. The molecule has 0 saturated carbocycles. The standard InChI is InChI=1S/C25H26ClFN6O3.ClH/c1-33(2,3)10-5-11-36-24-21(14-20(31-32-24)16-12-15(26)6-7-18(16)27)29-19-8-9-28-23-17(19)13-22(30-23)25(34)35-4;/h6-9,12-14H,5,10-11H2,1-4H3,(H-,28,29,30,31,32,34);1H. The number of halogens is 3. The van der Waals surface area contributed by atoms with Crippen molar-refractivity contribution >= 4 is 40.0 Å². The summed E-state index contributed by atoms with van der Waals surface area (Å²) in [5.41, 5.74) is 2.36. The highest BCUT2D eigenvalue weighted by Crippen LogP contribution is 2.33. The SMILES string of the molecule is COC(=O)c1cc2c(Nc3cc(-c4cc(Cl)ccc4F)nnc3OCCC[N+](C)(C)C)ccnc2[nH]1.[Cl-]. The molecule has 9 nitrogen and oxygen atoms in total. The summed E-state index contributed by atoms with van der Waals surface area (Å²) in [4.78, 5) is 19.2. The summed E-state index contributed by atoms with van der Waals surface area (Å²) in [7, 11) is 7.63. The van der Waals surface area contributed by atoms with Crippen LogP contribution in [-0.4, -0.2) is 72.0 Å². The third-order valence-electron chi connectivity index (χ3n) is 5.38. The Hall–Kier alpha value is -3.47. The highest BCUT2D eigenvalue weighted by molar-refractivity contribution is 6.30. The number of nitrogens with zero attached hydrogens (tertiary/aromatic N) is 4. The number of benzene rings is 1. The molecule has 196 valence electrons. The summed E-state index contributed by atoms with van der Waals surface area (Å²) in [6, 6.07) is 9.28. The van der Waals surface area contributed by atoms with Crippen molar-refractivity contribution in [3.8, 4) is 17.1 Å². The Bertz CT molecular complexity index is 1410. The zero-order valence-electron chi connectivity index (χ0n) is 20.8. The number of aromatic amines is 1. The lowest BCUT2D eigenvalue weighted by molar-refractivity contribution is -0.870. The lowest BCUT2D eigenvalue weighted by Gasteiger charge is -2.23. The van der Waals surface area contributed by atoms with Crippen LogP contribution in [0.3, 0.4) is 0 Å². The van der Waals surface area contributed by atoms with Gasteiger partial charge in [-0.2, -0.15) is 0 Å². The number of hydrogen-bond acceptors (Lipinski definition) is 7. The minimum Gasteiger partial charge on any atom is -1.00 e. The highest BCUT2D eigenvalue weighted by Gasteiger charge is 2.17. The van der Waals surface area contributed by atoms with Crippen molar-refractivity contribution in [2.75, 3.05) is 46.7 Å². The number of nitrogens with one attached hydrogen (secondary N) is 2. The molecule has 0 spiro atoms. The molecule has 4 aromatic rings. The number of fused-ring (bicyclic) bond motifs is 1. The van der Waals surface area contributed by atoms with E-state index in [-0.39, 0.29) is 35.2 Å². The van der Waals surface area contributed by atoms with Gasteiger partial charge in [0.05, 0.1) is 52.8 Å². The van der Waals surface area contributed by atoms with Crippen LogP contribution >= 0.6 is 11.6 Å². The second kappa shape index (κ2) is 11.7. The first-order valence-electron chi connectivity index (χ1n) is 11.2. The van der Waals surface area contributed by atoms with E-state index in [0.717, 1.165) is 17.4 Å². The number of carbonyl (C=O) groups excluding carboxylic acids is 1. The molecule has 4 rings (SSSR count). The second-order valence-electron chi connectivity index (χ2n) is 9.21. The molecular formula is C25H27Cl2FN6O3. The summed E-state index contributed by atoms with van der Waals surface area (Å²) >= 11 is 6.09. The van der Waals surface area contributed by atoms with Gasteiger partial charge in [0.1, 0.15) is 22.8 Å². The Kier molecular flexibility index (Phi) is 8.90. The summed E-state index contributed by atoms with van der Waals surface area (Å²) in [6.07, 6.45) is 2.39. The highest BCUT2D eigenvalue weighted by atomic mass is 35.5. The number of hydrogen-bond donors (Lipinski definition) is 2. The number of aromatic nitrogens is 4. The molecule has 0 aliphatic rings. The first-order chi connectivity index (χ1) is 17.1. The largest absolute Gasteiger partial charge is 1.00 e. The maximum Gasteiger partial charge on any atom is 0.354 e. The van der Waals surface area contributed by atoms with E-state index in [1.54, 1.807) is 24.4 Å². The molecule has 0 unspecified atom stereocenters. The third-order valence-corrected chi connectivity index (χ3v) is 5.62. The fraction of sp³-hybridized carbons (Fsp3) is 0.280. The van der Waals surface area contributed by atoms with Crippen LogP contribution in [0, 0.1) is 5.82 Å². The molecule has 0 bridgehead atoms. The second-order valence-corrected chi connectivity index (χ2v) is 9.65. The number of anilines is 2. The lowest BCUT2D eigenvalue weighted by Crippen LogP contribution is -3.00. The Morgan fingerprint density at radius 2 is 1.92 bits per heavy atom. The van der Waals surface area contributed by atoms with Gasteiger partial charge >= 0.3 is 5.97 Å². The van der Waals surface area contributed by atoms with Crippen LogP contribution in [0.2, 0.25) is 5.02 Å². The van der Waals surface area contributed by atoms with Crippen molar-refractivity contribution < 1.29 is 35.5 Å². The molecule has 3 heterocycles. The zero-order chi connectivity index (χ0) is 25.9. The summed E-state index contributed by atoms with van der Waals surface area (Å²) < 4.78 is 26.1. The smallest absolute Gasteiger partial charge is 0.354 e. The van der Waals surface area contributed by atoms with Crippen LogP contribution < -0.4 is 22.5 Å². The van der Waals surface area contributed by atoms with Crippen LogP contribution in [-0.2, 0) is 4.74 Å². The van der Waals surface area contributed by atoms with Crippen molar-refractivity contribution in [3.05, 3.63) is 59.1 Å². The van der Waals surface area contributed by atoms with E-state index in [1.165, 1.54) is 25.3 Å². The average Bonchev–Trinajstić information content (AvgIpc) is 3.28. The Labute approximate surface area is 225 Å². The van der Waals surface area contributed by atoms with Crippen molar-refractivity contribution in [1.29, 1.82) is 0 Å². The van der Waals surface area contributed by atoms with Crippen LogP contribution in [0.4, 0.5) is 15.8 Å². The van der Waals surface area contributed by atoms with Gasteiger partial charge in [-0.1, -0.05) is 11.6 Å². The van der Waals surface area contributed by atoms with Gasteiger partial charge in [0.2, 0.25) is 0 Å². The molecule has 0 amide bonds. The number of rotatable bonds is 9. The molecule has 0 radical (unpaired) electrons. The topological polar surface area (TPSA) is 102 Å². The Morgan fingerprint density at radius 1 is 1.14 bits per heavy atom. The molecule has 2 N–H and O–H groups in total. The van der Waals surface area contributed by atoms with E-state index in [1.807, 2.05) is 0 Å². The Morgan fingerprint density at radius 3 is 2.65 bits per heavy atom.